The Bertz CT molecular complexity index is 249. The first-order valence-electron chi connectivity index (χ1n) is 5.71. The third-order valence-corrected chi connectivity index (χ3v) is 2.93. The van der Waals surface area contributed by atoms with Crippen molar-refractivity contribution in [2.75, 3.05) is 45.9 Å². The molecule has 1 amide bonds. The van der Waals surface area contributed by atoms with Crippen LogP contribution in [0.5, 0.6) is 0 Å². The normalized spacial score (nSPS) is 30.6. The van der Waals surface area contributed by atoms with E-state index in [4.69, 9.17) is 15.2 Å². The number of halogens is 1. The van der Waals surface area contributed by atoms with E-state index in [0.29, 0.717) is 13.2 Å². The number of amides is 1. The molecule has 0 aromatic rings. The Morgan fingerprint density at radius 1 is 1.41 bits per heavy atom. The van der Waals surface area contributed by atoms with Gasteiger partial charge in [0.25, 0.3) is 0 Å². The summed E-state index contributed by atoms with van der Waals surface area (Å²) in [5.74, 6) is -0.382. The summed E-state index contributed by atoms with van der Waals surface area (Å²) in [4.78, 5) is 13.2. The van der Waals surface area contributed by atoms with Crippen LogP contribution in [-0.2, 0) is 14.3 Å². The van der Waals surface area contributed by atoms with E-state index in [1.54, 1.807) is 0 Å². The van der Waals surface area contributed by atoms with Crippen LogP contribution in [0, 0.1) is 0 Å². The van der Waals surface area contributed by atoms with Crippen LogP contribution >= 0.6 is 12.4 Å². The molecule has 2 aliphatic rings. The first-order chi connectivity index (χ1) is 7.75. The molecule has 2 rings (SSSR count). The molecule has 0 saturated carbocycles. The van der Waals surface area contributed by atoms with Gasteiger partial charge in [0.1, 0.15) is 6.10 Å². The summed E-state index contributed by atoms with van der Waals surface area (Å²) < 4.78 is 10.9. The lowest BCUT2D eigenvalue weighted by Crippen LogP contribution is -2.52. The highest BCUT2D eigenvalue weighted by Crippen LogP contribution is 2.07. The van der Waals surface area contributed by atoms with Gasteiger partial charge in [0.2, 0.25) is 5.91 Å². The molecule has 17 heavy (non-hydrogen) atoms. The van der Waals surface area contributed by atoms with Crippen molar-refractivity contribution in [1.82, 2.24) is 10.2 Å². The first kappa shape index (κ1) is 14.7. The SMILES string of the molecule is Cl.NC(=O)C1CN(C[C@@H]2CNCCO2)CCO1. The van der Waals surface area contributed by atoms with E-state index in [0.717, 1.165) is 32.8 Å². The molecule has 0 radical (unpaired) electrons. The summed E-state index contributed by atoms with van der Waals surface area (Å²) in [6.45, 7) is 5.36. The van der Waals surface area contributed by atoms with Gasteiger partial charge in [-0.25, -0.2) is 0 Å². The number of morpholine rings is 2. The lowest BCUT2D eigenvalue weighted by atomic mass is 10.2. The van der Waals surface area contributed by atoms with E-state index < -0.39 is 6.10 Å². The molecule has 2 fully saturated rings. The van der Waals surface area contributed by atoms with Gasteiger partial charge in [0, 0.05) is 32.7 Å². The molecule has 7 heteroatoms. The number of carbonyl (C=O) groups excluding carboxylic acids is 1. The highest BCUT2D eigenvalue weighted by atomic mass is 35.5. The van der Waals surface area contributed by atoms with Crippen molar-refractivity contribution in [3.63, 3.8) is 0 Å². The molecule has 0 aromatic heterocycles. The molecule has 3 N–H and O–H groups in total. The van der Waals surface area contributed by atoms with E-state index >= 15 is 0 Å². The van der Waals surface area contributed by atoms with Crippen molar-refractivity contribution in [1.29, 1.82) is 0 Å². The van der Waals surface area contributed by atoms with Crippen LogP contribution in [0.4, 0.5) is 0 Å². The Kier molecular flexibility index (Phi) is 6.15. The second-order valence-electron chi connectivity index (χ2n) is 4.22. The van der Waals surface area contributed by atoms with Gasteiger partial charge in [0.15, 0.2) is 0 Å². The minimum absolute atomic E-state index is 0. The van der Waals surface area contributed by atoms with Gasteiger partial charge in [-0.3, -0.25) is 9.69 Å². The zero-order valence-electron chi connectivity index (χ0n) is 9.76. The summed E-state index contributed by atoms with van der Waals surface area (Å²) in [5, 5.41) is 3.28. The van der Waals surface area contributed by atoms with Gasteiger partial charge in [-0.2, -0.15) is 0 Å². The fourth-order valence-corrected chi connectivity index (χ4v) is 2.07. The molecule has 1 unspecified atom stereocenters. The predicted molar refractivity (Wildman–Crippen MR) is 65.2 cm³/mol. The summed E-state index contributed by atoms with van der Waals surface area (Å²) in [5.41, 5.74) is 5.23. The van der Waals surface area contributed by atoms with E-state index in [1.165, 1.54) is 0 Å². The van der Waals surface area contributed by atoms with Crippen molar-refractivity contribution in [2.45, 2.75) is 12.2 Å². The minimum atomic E-state index is -0.467. The molecular formula is C10H20ClN3O3. The van der Waals surface area contributed by atoms with E-state index in [1.807, 2.05) is 0 Å². The summed E-state index contributed by atoms with van der Waals surface area (Å²) in [7, 11) is 0. The van der Waals surface area contributed by atoms with Crippen molar-refractivity contribution < 1.29 is 14.3 Å². The maximum absolute atomic E-state index is 11.0. The first-order valence-corrected chi connectivity index (χ1v) is 5.71. The number of ether oxygens (including phenoxy) is 2. The smallest absolute Gasteiger partial charge is 0.247 e. The number of hydrogen-bond acceptors (Lipinski definition) is 5. The van der Waals surface area contributed by atoms with Crippen molar-refractivity contribution in [3.05, 3.63) is 0 Å². The molecule has 2 aliphatic heterocycles. The number of primary amides is 1. The number of rotatable bonds is 3. The van der Waals surface area contributed by atoms with E-state index in [-0.39, 0.29) is 24.4 Å². The standard InChI is InChI=1S/C10H19N3O3.ClH/c11-10(14)9-7-13(2-4-16-9)6-8-5-12-1-3-15-8;/h8-9,12H,1-7H2,(H2,11,14);1H/t8-,9?;/m0./s1. The van der Waals surface area contributed by atoms with Gasteiger partial charge < -0.3 is 20.5 Å². The topological polar surface area (TPSA) is 76.8 Å². The highest BCUT2D eigenvalue weighted by Gasteiger charge is 2.26. The Hall–Kier alpha value is -0.400. The molecule has 0 bridgehead atoms. The molecule has 0 spiro atoms. The van der Waals surface area contributed by atoms with Crippen LogP contribution in [-0.4, -0.2) is 69.0 Å². The molecule has 2 saturated heterocycles. The Labute approximate surface area is 107 Å². The van der Waals surface area contributed by atoms with E-state index in [9.17, 15) is 4.79 Å². The monoisotopic (exact) mass is 265 g/mol. The van der Waals surface area contributed by atoms with E-state index in [2.05, 4.69) is 10.2 Å². The van der Waals surface area contributed by atoms with Gasteiger partial charge in [-0.05, 0) is 0 Å². The number of nitrogens with two attached hydrogens (primary N) is 1. The van der Waals surface area contributed by atoms with Crippen molar-refractivity contribution in [3.8, 4) is 0 Å². The summed E-state index contributed by atoms with van der Waals surface area (Å²) in [6.07, 6.45) is -0.259. The maximum Gasteiger partial charge on any atom is 0.247 e. The van der Waals surface area contributed by atoms with Gasteiger partial charge in [-0.15, -0.1) is 12.4 Å². The maximum atomic E-state index is 11.0. The van der Waals surface area contributed by atoms with Crippen LogP contribution in [0.2, 0.25) is 0 Å². The quantitative estimate of drug-likeness (QED) is 0.655. The van der Waals surface area contributed by atoms with Gasteiger partial charge in [-0.1, -0.05) is 0 Å². The zero-order chi connectivity index (χ0) is 11.4. The number of carbonyl (C=O) groups is 1. The lowest BCUT2D eigenvalue weighted by Gasteiger charge is -2.35. The number of nitrogens with zero attached hydrogens (tertiary/aromatic N) is 1. The third-order valence-electron chi connectivity index (χ3n) is 2.93. The third kappa shape index (κ3) is 4.40. The second kappa shape index (κ2) is 7.13. The summed E-state index contributed by atoms with van der Waals surface area (Å²) >= 11 is 0. The van der Waals surface area contributed by atoms with Crippen LogP contribution in [0.25, 0.3) is 0 Å². The van der Waals surface area contributed by atoms with Crippen LogP contribution in [0.1, 0.15) is 0 Å². The Morgan fingerprint density at radius 2 is 2.24 bits per heavy atom. The van der Waals surface area contributed by atoms with Gasteiger partial charge in [0.05, 0.1) is 19.3 Å². The second-order valence-corrected chi connectivity index (χ2v) is 4.22. The average Bonchev–Trinajstić information content (AvgIpc) is 2.30. The molecule has 100 valence electrons. The lowest BCUT2D eigenvalue weighted by molar-refractivity contribution is -0.136. The van der Waals surface area contributed by atoms with Crippen molar-refractivity contribution >= 4 is 18.3 Å². The minimum Gasteiger partial charge on any atom is -0.374 e. The Balaban J connectivity index is 0.00000144. The molecule has 0 aromatic carbocycles. The molecular weight excluding hydrogens is 246 g/mol. The number of nitrogens with one attached hydrogen (secondary N) is 1. The van der Waals surface area contributed by atoms with Crippen LogP contribution in [0.15, 0.2) is 0 Å². The largest absolute Gasteiger partial charge is 0.374 e. The predicted octanol–water partition coefficient (Wildman–Crippen LogP) is -1.42. The zero-order valence-corrected chi connectivity index (χ0v) is 10.6. The average molecular weight is 266 g/mol. The summed E-state index contributed by atoms with van der Waals surface area (Å²) in [6, 6.07) is 0. The molecule has 6 nitrogen and oxygen atoms in total. The molecule has 2 heterocycles. The fourth-order valence-electron chi connectivity index (χ4n) is 2.07. The Morgan fingerprint density at radius 3 is 2.88 bits per heavy atom. The molecule has 2 atom stereocenters. The van der Waals surface area contributed by atoms with Crippen LogP contribution < -0.4 is 11.1 Å². The highest BCUT2D eigenvalue weighted by molar-refractivity contribution is 5.85. The number of hydrogen-bond donors (Lipinski definition) is 2. The van der Waals surface area contributed by atoms with Crippen molar-refractivity contribution in [2.24, 2.45) is 5.73 Å². The van der Waals surface area contributed by atoms with Crippen LogP contribution in [0.3, 0.4) is 0 Å². The molecule has 0 aliphatic carbocycles. The van der Waals surface area contributed by atoms with Gasteiger partial charge >= 0.3 is 0 Å². The fraction of sp³-hybridized carbons (Fsp3) is 0.900.